The van der Waals surface area contributed by atoms with Gasteiger partial charge in [-0.2, -0.15) is 0 Å². The summed E-state index contributed by atoms with van der Waals surface area (Å²) in [5.74, 6) is 2.89. The van der Waals surface area contributed by atoms with E-state index in [2.05, 4.69) is 33.8 Å². The summed E-state index contributed by atoms with van der Waals surface area (Å²) < 4.78 is 24.4. The zero-order chi connectivity index (χ0) is 22.8. The van der Waals surface area contributed by atoms with Crippen molar-refractivity contribution in [3.63, 3.8) is 0 Å². The van der Waals surface area contributed by atoms with Crippen molar-refractivity contribution in [2.24, 2.45) is 29.1 Å². The molecule has 158 valence electrons. The first-order valence-electron chi connectivity index (χ1n) is 13.4. The van der Waals surface area contributed by atoms with Crippen molar-refractivity contribution in [1.82, 2.24) is 0 Å². The Morgan fingerprint density at radius 3 is 2.82 bits per heavy atom. The van der Waals surface area contributed by atoms with E-state index in [9.17, 15) is 5.11 Å². The Labute approximate surface area is 178 Å². The largest absolute Gasteiger partial charge is 0.393 e. The number of aliphatic hydroxyl groups is 1. The number of allylic oxidation sites excluding steroid dienone is 4. The van der Waals surface area contributed by atoms with Crippen molar-refractivity contribution in [2.45, 2.75) is 104 Å². The van der Waals surface area contributed by atoms with Gasteiger partial charge in [-0.3, -0.25) is 0 Å². The first-order chi connectivity index (χ1) is 14.6. The number of aliphatic hydroxyl groups excluding tert-OH is 1. The summed E-state index contributed by atoms with van der Waals surface area (Å²) in [5, 5.41) is 10.1. The fraction of sp³-hybridized carbons (Fsp3) is 0.778. The van der Waals surface area contributed by atoms with E-state index in [-0.39, 0.29) is 6.53 Å². The molecule has 0 aromatic heterocycles. The van der Waals surface area contributed by atoms with Gasteiger partial charge >= 0.3 is 0 Å². The van der Waals surface area contributed by atoms with E-state index in [1.165, 1.54) is 50.5 Å². The molecule has 3 aliphatic carbocycles. The van der Waals surface area contributed by atoms with Crippen molar-refractivity contribution < 1.29 is 9.22 Å². The Morgan fingerprint density at radius 2 is 2.07 bits per heavy atom. The maximum Gasteiger partial charge on any atom is 0.0626 e. The van der Waals surface area contributed by atoms with Crippen LogP contribution in [0.15, 0.2) is 35.4 Å². The van der Waals surface area contributed by atoms with E-state index < -0.39 is 6.10 Å². The van der Waals surface area contributed by atoms with Gasteiger partial charge in [-0.15, -0.1) is 0 Å². The fourth-order valence-electron chi connectivity index (χ4n) is 6.49. The molecule has 0 amide bonds. The lowest BCUT2D eigenvalue weighted by molar-refractivity contribution is 0.0929. The van der Waals surface area contributed by atoms with Crippen molar-refractivity contribution in [1.29, 1.82) is 0 Å². The third-order valence-electron chi connectivity index (χ3n) is 8.13. The maximum atomic E-state index is 10.1. The number of fused-ring (bicyclic) bond motifs is 1. The van der Waals surface area contributed by atoms with Crippen LogP contribution in [-0.2, 0) is 0 Å². The summed E-state index contributed by atoms with van der Waals surface area (Å²) in [6.07, 6.45) is 13.3. The Balaban J connectivity index is 1.81. The molecule has 0 spiro atoms. The van der Waals surface area contributed by atoms with Gasteiger partial charge in [-0.05, 0) is 86.0 Å². The second-order valence-electron chi connectivity index (χ2n) is 10.6. The van der Waals surface area contributed by atoms with E-state index >= 15 is 0 Å². The Morgan fingerprint density at radius 1 is 1.25 bits per heavy atom. The first kappa shape index (κ1) is 18.0. The third-order valence-corrected chi connectivity index (χ3v) is 8.13. The molecular weight excluding hydrogens is 340 g/mol. The van der Waals surface area contributed by atoms with Crippen LogP contribution in [0.25, 0.3) is 0 Å². The predicted octanol–water partition coefficient (Wildman–Crippen LogP) is 7.62. The minimum absolute atomic E-state index is 0.185. The highest BCUT2D eigenvalue weighted by atomic mass is 16.3. The van der Waals surface area contributed by atoms with Gasteiger partial charge in [0.05, 0.1) is 10.2 Å². The quantitative estimate of drug-likeness (QED) is 0.497. The smallest absolute Gasteiger partial charge is 0.0626 e. The molecule has 3 saturated carbocycles. The highest BCUT2D eigenvalue weighted by Crippen LogP contribution is 2.59. The van der Waals surface area contributed by atoms with E-state index in [1.54, 1.807) is 0 Å². The molecule has 1 nitrogen and oxygen atoms in total. The number of hydrogen-bond acceptors (Lipinski definition) is 1. The molecular formula is C27H44O. The topological polar surface area (TPSA) is 20.2 Å². The van der Waals surface area contributed by atoms with E-state index in [0.29, 0.717) is 42.2 Å². The molecule has 3 rings (SSSR count). The zero-order valence-electron chi connectivity index (χ0n) is 21.7. The van der Waals surface area contributed by atoms with E-state index in [1.807, 2.05) is 0 Å². The van der Waals surface area contributed by atoms with Crippen LogP contribution in [0.5, 0.6) is 0 Å². The monoisotopic (exact) mass is 387 g/mol. The summed E-state index contributed by atoms with van der Waals surface area (Å²) in [5.41, 5.74) is 3.15. The number of hydrogen-bond donors (Lipinski definition) is 1. The van der Waals surface area contributed by atoms with Crippen molar-refractivity contribution in [3.05, 3.63) is 35.4 Å². The van der Waals surface area contributed by atoms with Crippen LogP contribution >= 0.6 is 0 Å². The summed E-state index contributed by atoms with van der Waals surface area (Å²) in [4.78, 5) is 0. The molecule has 5 atom stereocenters. The van der Waals surface area contributed by atoms with Gasteiger partial charge in [0.1, 0.15) is 0 Å². The average molecular weight is 388 g/mol. The summed E-state index contributed by atoms with van der Waals surface area (Å²) in [7, 11) is 0. The Kier molecular flexibility index (Phi) is 5.99. The third kappa shape index (κ3) is 4.84. The van der Waals surface area contributed by atoms with Crippen LogP contribution in [0.1, 0.15) is 102 Å². The number of rotatable bonds is 6. The lowest BCUT2D eigenvalue weighted by Gasteiger charge is -2.44. The van der Waals surface area contributed by atoms with E-state index in [4.69, 9.17) is 4.11 Å². The highest BCUT2D eigenvalue weighted by molar-refractivity contribution is 5.36. The molecule has 0 aliphatic heterocycles. The molecule has 3 fully saturated rings. The van der Waals surface area contributed by atoms with Crippen molar-refractivity contribution in [2.75, 3.05) is 0 Å². The highest BCUT2D eigenvalue weighted by Gasteiger charge is 2.50. The first-order valence-corrected chi connectivity index (χ1v) is 11.9. The summed E-state index contributed by atoms with van der Waals surface area (Å²) in [6, 6.07) is 0.443. The van der Waals surface area contributed by atoms with Crippen LogP contribution in [0, 0.1) is 29.1 Å². The Hall–Kier alpha value is -0.820. The van der Waals surface area contributed by atoms with Gasteiger partial charge < -0.3 is 5.11 Å². The molecule has 0 aromatic rings. The van der Waals surface area contributed by atoms with Gasteiger partial charge in [0, 0.05) is 0 Å². The lowest BCUT2D eigenvalue weighted by atomic mass is 9.60. The standard InChI is InChI=1S/C27H44O/c1-19(2)8-6-9-21(4)25-15-16-26-22(10-7-17-27(25,26)5)12-13-23-18-24(28)14-11-20(23)3/h12-13,19,21,24-26,28H,3,6-11,14-18H2,1-2,4-5H3/b22-12+,23-13-/t21-,24+,25-,26+,27-/m1/s1/i3D2,13D. The average Bonchev–Trinajstić information content (AvgIpc) is 3.05. The lowest BCUT2D eigenvalue weighted by Crippen LogP contribution is -2.36. The molecule has 28 heavy (non-hydrogen) atoms. The molecule has 0 saturated heterocycles. The minimum Gasteiger partial charge on any atom is -0.393 e. The zero-order valence-corrected chi connectivity index (χ0v) is 18.7. The second-order valence-corrected chi connectivity index (χ2v) is 10.6. The van der Waals surface area contributed by atoms with Gasteiger partial charge in [0.15, 0.2) is 0 Å². The van der Waals surface area contributed by atoms with Crippen LogP contribution in [0.3, 0.4) is 0 Å². The van der Waals surface area contributed by atoms with Gasteiger partial charge in [-0.1, -0.05) is 76.8 Å². The van der Waals surface area contributed by atoms with Crippen molar-refractivity contribution >= 4 is 0 Å². The van der Waals surface area contributed by atoms with Crippen molar-refractivity contribution in [3.8, 4) is 0 Å². The minimum atomic E-state index is -0.448. The van der Waals surface area contributed by atoms with Gasteiger partial charge in [0.2, 0.25) is 0 Å². The van der Waals surface area contributed by atoms with Crippen LogP contribution in [-0.4, -0.2) is 11.2 Å². The fourth-order valence-corrected chi connectivity index (χ4v) is 6.49. The maximum absolute atomic E-state index is 10.1. The summed E-state index contributed by atoms with van der Waals surface area (Å²) in [6.45, 7) is 9.44. The molecule has 0 heterocycles. The van der Waals surface area contributed by atoms with Gasteiger partial charge in [0.25, 0.3) is 0 Å². The Bertz CT molecular complexity index is 731. The predicted molar refractivity (Wildman–Crippen MR) is 121 cm³/mol. The van der Waals surface area contributed by atoms with Crippen LogP contribution < -0.4 is 0 Å². The normalized spacial score (nSPS) is 39.4. The molecule has 0 bridgehead atoms. The molecule has 0 radical (unpaired) electrons. The van der Waals surface area contributed by atoms with Crippen LogP contribution in [0.4, 0.5) is 0 Å². The summed E-state index contributed by atoms with van der Waals surface area (Å²) >= 11 is 0. The SMILES string of the molecule is [2H]C([2H])=C1CC[C@H](O)C/C1=C([2H])/C=C1\CCC[C@]2(C)[C@@H]([C@H](C)CCCC(C)C)CC[C@@H]12. The molecule has 3 aliphatic rings. The van der Waals surface area contributed by atoms with Crippen LogP contribution in [0.2, 0.25) is 0 Å². The molecule has 1 N–H and O–H groups in total. The molecule has 0 aromatic carbocycles. The van der Waals surface area contributed by atoms with E-state index in [0.717, 1.165) is 29.7 Å². The second kappa shape index (κ2) is 9.33. The molecule has 1 heteroatoms. The van der Waals surface area contributed by atoms with Gasteiger partial charge in [-0.25, -0.2) is 0 Å². The molecule has 0 unspecified atom stereocenters.